The lowest BCUT2D eigenvalue weighted by Crippen LogP contribution is -2.47. The third-order valence-corrected chi connectivity index (χ3v) is 3.49. The number of ether oxygens (including phenoxy) is 1. The van der Waals surface area contributed by atoms with E-state index in [1.54, 1.807) is 6.92 Å². The number of nitrogens with zero attached hydrogens (tertiary/aromatic N) is 2. The molecule has 0 radical (unpaired) electrons. The summed E-state index contributed by atoms with van der Waals surface area (Å²) in [5.74, 6) is 0.891. The third kappa shape index (κ3) is 4.05. The summed E-state index contributed by atoms with van der Waals surface area (Å²) in [6.45, 7) is 8.75. The normalized spacial score (nSPS) is 28.4. The van der Waals surface area contributed by atoms with E-state index in [0.717, 1.165) is 25.3 Å². The van der Waals surface area contributed by atoms with Crippen LogP contribution in [0, 0.1) is 0 Å². The Hall–Kier alpha value is -1.40. The SMILES string of the molecule is CC(=O)C1=NC(C)C[C@H](C)NNC(N2CCOCC2)=C1. The molecule has 1 unspecified atom stereocenters. The number of nitrogens with one attached hydrogen (secondary N) is 2. The Morgan fingerprint density at radius 1 is 1.40 bits per heavy atom. The van der Waals surface area contributed by atoms with Crippen molar-refractivity contribution in [2.75, 3.05) is 26.3 Å². The lowest BCUT2D eigenvalue weighted by atomic mass is 10.1. The van der Waals surface area contributed by atoms with Crippen LogP contribution in [-0.4, -0.2) is 54.8 Å². The first-order valence-corrected chi connectivity index (χ1v) is 7.21. The molecule has 6 heteroatoms. The highest BCUT2D eigenvalue weighted by Crippen LogP contribution is 2.10. The van der Waals surface area contributed by atoms with Gasteiger partial charge in [-0.15, -0.1) is 0 Å². The number of hydrogen-bond acceptors (Lipinski definition) is 6. The number of morpholine rings is 1. The van der Waals surface area contributed by atoms with Crippen molar-refractivity contribution in [3.8, 4) is 0 Å². The number of carbonyl (C=O) groups excluding carboxylic acids is 1. The molecule has 0 bridgehead atoms. The molecule has 2 aliphatic rings. The van der Waals surface area contributed by atoms with Crippen molar-refractivity contribution < 1.29 is 9.53 Å². The second-order valence-electron chi connectivity index (χ2n) is 5.45. The maximum Gasteiger partial charge on any atom is 0.177 e. The Morgan fingerprint density at radius 3 is 2.75 bits per heavy atom. The lowest BCUT2D eigenvalue weighted by molar-refractivity contribution is -0.111. The van der Waals surface area contributed by atoms with E-state index in [4.69, 9.17) is 4.74 Å². The summed E-state index contributed by atoms with van der Waals surface area (Å²) in [5, 5.41) is 0. The number of hydrazine groups is 1. The van der Waals surface area contributed by atoms with Crippen molar-refractivity contribution in [2.24, 2.45) is 4.99 Å². The summed E-state index contributed by atoms with van der Waals surface area (Å²) >= 11 is 0. The molecule has 6 nitrogen and oxygen atoms in total. The van der Waals surface area contributed by atoms with E-state index in [9.17, 15) is 4.79 Å². The fraction of sp³-hybridized carbons (Fsp3) is 0.714. The number of allylic oxidation sites excluding steroid dienone is 1. The molecule has 0 spiro atoms. The summed E-state index contributed by atoms with van der Waals surface area (Å²) in [4.78, 5) is 18.5. The Morgan fingerprint density at radius 2 is 2.10 bits per heavy atom. The molecule has 2 aliphatic heterocycles. The van der Waals surface area contributed by atoms with Gasteiger partial charge < -0.3 is 15.1 Å². The fourth-order valence-electron chi connectivity index (χ4n) is 2.43. The van der Waals surface area contributed by atoms with Gasteiger partial charge in [0, 0.05) is 38.2 Å². The zero-order valence-corrected chi connectivity index (χ0v) is 12.5. The Labute approximate surface area is 120 Å². The van der Waals surface area contributed by atoms with Crippen LogP contribution in [0.4, 0.5) is 0 Å². The predicted octanol–water partition coefficient (Wildman–Crippen LogP) is 0.465. The van der Waals surface area contributed by atoms with Gasteiger partial charge in [-0.05, 0) is 20.3 Å². The van der Waals surface area contributed by atoms with E-state index in [1.165, 1.54) is 0 Å². The van der Waals surface area contributed by atoms with Crippen LogP contribution in [0.2, 0.25) is 0 Å². The molecule has 0 saturated carbocycles. The van der Waals surface area contributed by atoms with Crippen molar-refractivity contribution in [3.05, 3.63) is 11.9 Å². The van der Waals surface area contributed by atoms with Crippen LogP contribution < -0.4 is 10.9 Å². The minimum atomic E-state index is -0.000961. The molecule has 2 N–H and O–H groups in total. The van der Waals surface area contributed by atoms with Gasteiger partial charge in [-0.25, -0.2) is 5.43 Å². The Balaban J connectivity index is 2.25. The molecule has 1 fully saturated rings. The van der Waals surface area contributed by atoms with Crippen LogP contribution in [0.1, 0.15) is 27.2 Å². The van der Waals surface area contributed by atoms with Gasteiger partial charge in [0.15, 0.2) is 5.78 Å². The summed E-state index contributed by atoms with van der Waals surface area (Å²) in [6, 6.07) is 0.406. The van der Waals surface area contributed by atoms with E-state index in [-0.39, 0.29) is 17.9 Å². The number of aliphatic imine (C=N–C) groups is 1. The van der Waals surface area contributed by atoms with Crippen molar-refractivity contribution in [1.82, 2.24) is 15.8 Å². The molecule has 112 valence electrons. The molecule has 2 rings (SSSR count). The molecule has 0 aliphatic carbocycles. The number of ketones is 1. The second kappa shape index (κ2) is 6.85. The minimum absolute atomic E-state index is 0.000961. The average molecular weight is 280 g/mol. The van der Waals surface area contributed by atoms with Crippen LogP contribution in [0.5, 0.6) is 0 Å². The van der Waals surface area contributed by atoms with Gasteiger partial charge >= 0.3 is 0 Å². The molecule has 0 amide bonds. The van der Waals surface area contributed by atoms with Crippen molar-refractivity contribution in [3.63, 3.8) is 0 Å². The predicted molar refractivity (Wildman–Crippen MR) is 78.4 cm³/mol. The second-order valence-corrected chi connectivity index (χ2v) is 5.45. The molecule has 2 atom stereocenters. The van der Waals surface area contributed by atoms with Crippen LogP contribution in [-0.2, 0) is 9.53 Å². The lowest BCUT2D eigenvalue weighted by Gasteiger charge is -2.32. The van der Waals surface area contributed by atoms with E-state index < -0.39 is 0 Å². The molecule has 20 heavy (non-hydrogen) atoms. The quantitative estimate of drug-likeness (QED) is 0.769. The molecule has 0 aromatic rings. The van der Waals surface area contributed by atoms with Gasteiger partial charge in [0.25, 0.3) is 0 Å². The number of Topliss-reactive ketones (excluding diaryl/α,β-unsaturated/α-hetero) is 1. The highest BCUT2D eigenvalue weighted by Gasteiger charge is 2.19. The number of rotatable bonds is 2. The molecule has 0 aromatic heterocycles. The van der Waals surface area contributed by atoms with Gasteiger partial charge in [-0.2, -0.15) is 0 Å². The van der Waals surface area contributed by atoms with E-state index in [1.807, 2.05) is 13.0 Å². The molecular weight excluding hydrogens is 256 g/mol. The summed E-state index contributed by atoms with van der Waals surface area (Å²) < 4.78 is 5.37. The topological polar surface area (TPSA) is 66.0 Å². The Bertz CT molecular complexity index is 413. The molecular formula is C14H24N4O2. The monoisotopic (exact) mass is 280 g/mol. The molecule has 2 heterocycles. The van der Waals surface area contributed by atoms with Crippen LogP contribution >= 0.6 is 0 Å². The number of carbonyl (C=O) groups is 1. The first kappa shape index (κ1) is 15.0. The first-order valence-electron chi connectivity index (χ1n) is 7.21. The zero-order chi connectivity index (χ0) is 14.5. The van der Waals surface area contributed by atoms with Crippen molar-refractivity contribution in [2.45, 2.75) is 39.3 Å². The summed E-state index contributed by atoms with van der Waals surface area (Å²) in [7, 11) is 0. The third-order valence-electron chi connectivity index (χ3n) is 3.49. The van der Waals surface area contributed by atoms with Gasteiger partial charge in [0.2, 0.25) is 0 Å². The van der Waals surface area contributed by atoms with Gasteiger partial charge in [0.05, 0.1) is 13.2 Å². The van der Waals surface area contributed by atoms with Gasteiger partial charge in [-0.3, -0.25) is 9.79 Å². The van der Waals surface area contributed by atoms with Gasteiger partial charge in [-0.1, -0.05) is 0 Å². The molecule has 1 saturated heterocycles. The largest absolute Gasteiger partial charge is 0.378 e. The standard InChI is InChI=1S/C14H24N4O2/c1-10-8-11(2)16-17-14(9-13(15-10)12(3)19)18-4-6-20-7-5-18/h9-11,16-17H,4-8H2,1-3H3/t10?,11-/m0/s1. The fourth-order valence-corrected chi connectivity index (χ4v) is 2.43. The summed E-state index contributed by atoms with van der Waals surface area (Å²) in [6.07, 6.45) is 2.73. The average Bonchev–Trinajstić information content (AvgIpc) is 2.49. The smallest absolute Gasteiger partial charge is 0.177 e. The van der Waals surface area contributed by atoms with Crippen molar-refractivity contribution in [1.29, 1.82) is 0 Å². The van der Waals surface area contributed by atoms with Crippen LogP contribution in [0.3, 0.4) is 0 Å². The van der Waals surface area contributed by atoms with Gasteiger partial charge in [0.1, 0.15) is 11.5 Å². The molecule has 0 aromatic carbocycles. The van der Waals surface area contributed by atoms with Crippen molar-refractivity contribution >= 4 is 11.5 Å². The minimum Gasteiger partial charge on any atom is -0.378 e. The maximum atomic E-state index is 11.8. The highest BCUT2D eigenvalue weighted by atomic mass is 16.5. The zero-order valence-electron chi connectivity index (χ0n) is 12.5. The summed E-state index contributed by atoms with van der Waals surface area (Å²) in [5.41, 5.74) is 7.04. The van der Waals surface area contributed by atoms with E-state index in [0.29, 0.717) is 18.9 Å². The van der Waals surface area contributed by atoms with Crippen LogP contribution in [0.15, 0.2) is 16.9 Å². The first-order chi connectivity index (χ1) is 9.56. The van der Waals surface area contributed by atoms with E-state index in [2.05, 4.69) is 27.7 Å². The van der Waals surface area contributed by atoms with Crippen LogP contribution in [0.25, 0.3) is 0 Å². The highest BCUT2D eigenvalue weighted by molar-refractivity contribution is 6.43. The maximum absolute atomic E-state index is 11.8. The van der Waals surface area contributed by atoms with E-state index >= 15 is 0 Å². The number of hydrogen-bond donors (Lipinski definition) is 2. The Kier molecular flexibility index (Phi) is 5.14.